The molecule has 0 spiro atoms. The highest BCUT2D eigenvalue weighted by Gasteiger charge is 2.61. The van der Waals surface area contributed by atoms with E-state index in [1.54, 1.807) is 17.9 Å². The number of ether oxygens (including phenoxy) is 3. The van der Waals surface area contributed by atoms with Gasteiger partial charge in [-0.1, -0.05) is 0 Å². The van der Waals surface area contributed by atoms with Gasteiger partial charge in [0, 0.05) is 24.8 Å². The molecule has 2 aromatic carbocycles. The van der Waals surface area contributed by atoms with Crippen molar-refractivity contribution in [2.45, 2.75) is 43.1 Å². The van der Waals surface area contributed by atoms with E-state index >= 15 is 0 Å². The third-order valence-electron chi connectivity index (χ3n) is 9.33. The normalized spacial score (nSPS) is 20.4. The number of nitrogens with zero attached hydrogens (tertiary/aromatic N) is 4. The molecule has 0 aliphatic carbocycles. The average Bonchev–Trinajstić information content (AvgIpc) is 3.36. The molecule has 2 fully saturated rings. The molecule has 0 radical (unpaired) electrons. The van der Waals surface area contributed by atoms with Crippen LogP contribution in [0.4, 0.5) is 10.5 Å². The zero-order valence-corrected chi connectivity index (χ0v) is 27.2. The van der Waals surface area contributed by atoms with Crippen LogP contribution in [-0.2, 0) is 25.2 Å². The van der Waals surface area contributed by atoms with Gasteiger partial charge < -0.3 is 24.4 Å². The summed E-state index contributed by atoms with van der Waals surface area (Å²) in [6.07, 6.45) is 4.49. The molecule has 2 amide bonds. The first kappa shape index (κ1) is 32.3. The minimum Gasteiger partial charge on any atom is -0.497 e. The maximum atomic E-state index is 14.9. The van der Waals surface area contributed by atoms with E-state index in [0.29, 0.717) is 35.0 Å². The fraction of sp³-hybridized carbons (Fsp3) is 0.412. The summed E-state index contributed by atoms with van der Waals surface area (Å²) in [5.74, 6) is 0.451. The third-order valence-corrected chi connectivity index (χ3v) is 11.0. The zero-order valence-electron chi connectivity index (χ0n) is 26.3. The molecule has 2 saturated heterocycles. The summed E-state index contributed by atoms with van der Waals surface area (Å²) in [6.45, 7) is 4.76. The number of carbonyl (C=O) groups excluding carboxylic acids is 2. The third kappa shape index (κ3) is 5.76. The van der Waals surface area contributed by atoms with Crippen LogP contribution in [0.1, 0.15) is 49.3 Å². The largest absolute Gasteiger partial charge is 0.497 e. The quantitative estimate of drug-likeness (QED) is 0.373. The number of anilines is 1. The number of nitriles is 1. The Hall–Kier alpha value is -4.67. The fourth-order valence-corrected chi connectivity index (χ4v) is 8.37. The number of methoxy groups -OCH3 is 1. The first-order valence-electron chi connectivity index (χ1n) is 15.8. The monoisotopic (exact) mass is 659 g/mol. The van der Waals surface area contributed by atoms with Crippen molar-refractivity contribution in [2.24, 2.45) is 11.8 Å². The molecule has 3 aliphatic heterocycles. The molecule has 3 aromatic rings. The van der Waals surface area contributed by atoms with Crippen molar-refractivity contribution in [3.63, 3.8) is 0 Å². The minimum absolute atomic E-state index is 0.00206. The van der Waals surface area contributed by atoms with Crippen LogP contribution < -0.4 is 19.1 Å². The van der Waals surface area contributed by atoms with E-state index in [0.717, 1.165) is 38.8 Å². The molecule has 1 unspecified atom stereocenters. The number of likely N-dealkylation sites (tertiary alicyclic amines) is 1. The second-order valence-electron chi connectivity index (χ2n) is 11.8. The number of piperidine rings is 2. The maximum Gasteiger partial charge on any atom is 0.411 e. The number of amides is 2. The van der Waals surface area contributed by atoms with Gasteiger partial charge in [-0.05, 0) is 112 Å². The van der Waals surface area contributed by atoms with E-state index in [2.05, 4.69) is 16.4 Å². The van der Waals surface area contributed by atoms with Gasteiger partial charge in [-0.2, -0.15) is 9.57 Å². The number of hydrogen-bond acceptors (Lipinski definition) is 10. The molecule has 0 saturated carbocycles. The maximum absolute atomic E-state index is 14.9. The molecule has 47 heavy (non-hydrogen) atoms. The lowest BCUT2D eigenvalue weighted by atomic mass is 9.79. The number of nitrogens with one attached hydrogen (secondary N) is 1. The van der Waals surface area contributed by atoms with E-state index in [1.165, 1.54) is 61.8 Å². The van der Waals surface area contributed by atoms with Crippen molar-refractivity contribution in [3.05, 3.63) is 77.5 Å². The highest BCUT2D eigenvalue weighted by Crippen LogP contribution is 2.51. The Balaban J connectivity index is 1.45. The molecule has 0 bridgehead atoms. The van der Waals surface area contributed by atoms with Crippen molar-refractivity contribution in [2.75, 3.05) is 44.2 Å². The fourth-order valence-electron chi connectivity index (χ4n) is 6.91. The van der Waals surface area contributed by atoms with E-state index in [4.69, 9.17) is 14.2 Å². The summed E-state index contributed by atoms with van der Waals surface area (Å²) in [6, 6.07) is 14.9. The second kappa shape index (κ2) is 13.2. The van der Waals surface area contributed by atoms with Crippen molar-refractivity contribution in [3.8, 4) is 17.7 Å². The highest BCUT2D eigenvalue weighted by atomic mass is 32.2. The molecule has 246 valence electrons. The highest BCUT2D eigenvalue weighted by molar-refractivity contribution is 7.93. The first-order chi connectivity index (χ1) is 22.7. The zero-order chi connectivity index (χ0) is 33.2. The van der Waals surface area contributed by atoms with Gasteiger partial charge in [-0.25, -0.2) is 18.2 Å². The average molecular weight is 660 g/mol. The Kier molecular flexibility index (Phi) is 9.07. The van der Waals surface area contributed by atoms with Crippen LogP contribution in [0.2, 0.25) is 0 Å². The Morgan fingerprint density at radius 3 is 2.40 bits per heavy atom. The van der Waals surface area contributed by atoms with Crippen LogP contribution in [0.3, 0.4) is 0 Å². The number of carbonyl (C=O) groups is 2. The lowest BCUT2D eigenvalue weighted by Gasteiger charge is -2.38. The van der Waals surface area contributed by atoms with Gasteiger partial charge in [0.2, 0.25) is 5.88 Å². The predicted molar refractivity (Wildman–Crippen MR) is 171 cm³/mol. The van der Waals surface area contributed by atoms with Gasteiger partial charge in [0.1, 0.15) is 5.75 Å². The van der Waals surface area contributed by atoms with Crippen LogP contribution in [0.5, 0.6) is 11.6 Å². The molecular formula is C34H37N5O7S. The van der Waals surface area contributed by atoms with Crippen LogP contribution in [0.25, 0.3) is 0 Å². The standard InChI is InChI=1S/C34H37N5O7S/c1-3-45-31-28(5-4-16-37-31)34(46-33(41)38-19-14-25(15-20-38)24-12-17-36-18-13-24)29-21-23(22-35)6-11-30(29)39(32(34)40)47(42,43)27-9-7-26(44-2)8-10-27/h4-11,16,21,24-25,36H,3,12-15,17-20H2,1-2H3. The topological polar surface area (TPSA) is 151 Å². The number of benzene rings is 2. The van der Waals surface area contributed by atoms with E-state index in [1.807, 2.05) is 0 Å². The van der Waals surface area contributed by atoms with Crippen molar-refractivity contribution in [1.29, 1.82) is 5.26 Å². The summed E-state index contributed by atoms with van der Waals surface area (Å²) in [7, 11) is -3.10. The minimum atomic E-state index is -4.56. The predicted octanol–water partition coefficient (Wildman–Crippen LogP) is 4.19. The molecule has 4 heterocycles. The summed E-state index contributed by atoms with van der Waals surface area (Å²) in [5, 5.41) is 13.3. The number of aromatic nitrogens is 1. The Morgan fingerprint density at radius 2 is 1.74 bits per heavy atom. The summed E-state index contributed by atoms with van der Waals surface area (Å²) in [4.78, 5) is 34.7. The number of fused-ring (bicyclic) bond motifs is 1. The van der Waals surface area contributed by atoms with Gasteiger partial charge in [-0.3, -0.25) is 4.79 Å². The molecule has 1 aromatic heterocycles. The first-order valence-corrected chi connectivity index (χ1v) is 17.2. The van der Waals surface area contributed by atoms with Crippen LogP contribution in [0.15, 0.2) is 65.7 Å². The summed E-state index contributed by atoms with van der Waals surface area (Å²) >= 11 is 0. The number of pyridine rings is 1. The Morgan fingerprint density at radius 1 is 1.04 bits per heavy atom. The molecule has 13 heteroatoms. The molecule has 6 rings (SSSR count). The number of rotatable bonds is 8. The van der Waals surface area contributed by atoms with Crippen molar-refractivity contribution < 1.29 is 32.2 Å². The van der Waals surface area contributed by atoms with Gasteiger partial charge in [0.05, 0.1) is 41.5 Å². The lowest BCUT2D eigenvalue weighted by Crippen LogP contribution is -2.50. The molecule has 1 atom stereocenters. The SMILES string of the molecule is CCOc1ncccc1C1(OC(=O)N2CCC(C3CCNCC3)CC2)C(=O)N(S(=O)(=O)c2ccc(OC)cc2)c2ccc(C#N)cc21. The van der Waals surface area contributed by atoms with E-state index < -0.39 is 27.6 Å². The van der Waals surface area contributed by atoms with Crippen molar-refractivity contribution >= 4 is 27.7 Å². The van der Waals surface area contributed by atoms with Crippen LogP contribution in [0, 0.1) is 23.2 Å². The van der Waals surface area contributed by atoms with Gasteiger partial charge in [0.15, 0.2) is 0 Å². The molecule has 3 aliphatic rings. The molecule has 1 N–H and O–H groups in total. The van der Waals surface area contributed by atoms with E-state index in [9.17, 15) is 23.3 Å². The van der Waals surface area contributed by atoms with Gasteiger partial charge in [0.25, 0.3) is 21.5 Å². The second-order valence-corrected chi connectivity index (χ2v) is 13.6. The molecular weight excluding hydrogens is 622 g/mol. The Labute approximate surface area is 274 Å². The number of hydrogen-bond donors (Lipinski definition) is 1. The van der Waals surface area contributed by atoms with Crippen LogP contribution >= 0.6 is 0 Å². The van der Waals surface area contributed by atoms with Crippen molar-refractivity contribution in [1.82, 2.24) is 15.2 Å². The van der Waals surface area contributed by atoms with E-state index in [-0.39, 0.29) is 39.8 Å². The summed E-state index contributed by atoms with van der Waals surface area (Å²) < 4.78 is 46.5. The van der Waals surface area contributed by atoms with Gasteiger partial charge >= 0.3 is 6.09 Å². The smallest absolute Gasteiger partial charge is 0.411 e. The van der Waals surface area contributed by atoms with Crippen LogP contribution in [-0.4, -0.2) is 70.2 Å². The lowest BCUT2D eigenvalue weighted by molar-refractivity contribution is -0.132. The summed E-state index contributed by atoms with van der Waals surface area (Å²) in [5.41, 5.74) is -2.17. The number of sulfonamides is 1. The Bertz CT molecular complexity index is 1800. The molecule has 12 nitrogen and oxygen atoms in total. The van der Waals surface area contributed by atoms with Gasteiger partial charge in [-0.15, -0.1) is 0 Å².